The van der Waals surface area contributed by atoms with Crippen molar-refractivity contribution in [2.75, 3.05) is 0 Å². The van der Waals surface area contributed by atoms with Crippen LogP contribution in [0, 0.1) is 35.3 Å². The topological polar surface area (TPSA) is 0 Å². The van der Waals surface area contributed by atoms with Crippen molar-refractivity contribution in [3.8, 4) is 0 Å². The van der Waals surface area contributed by atoms with Gasteiger partial charge >= 0.3 is 0 Å². The van der Waals surface area contributed by atoms with Gasteiger partial charge in [0.05, 0.1) is 5.56 Å². The molecule has 0 saturated heterocycles. The molecule has 0 aromatic heterocycles. The van der Waals surface area contributed by atoms with Crippen molar-refractivity contribution in [3.63, 3.8) is 0 Å². The smallest absolute Gasteiger partial charge is 0.134 e. The normalized spacial score (nSPS) is 33.6. The Morgan fingerprint density at radius 3 is 1.90 bits per heavy atom. The number of allylic oxidation sites excluding steroid dienone is 4. The van der Waals surface area contributed by atoms with Gasteiger partial charge in [-0.15, -0.1) is 0 Å². The van der Waals surface area contributed by atoms with Gasteiger partial charge in [-0.1, -0.05) is 38.8 Å². The van der Waals surface area contributed by atoms with Gasteiger partial charge in [0.2, 0.25) is 0 Å². The third kappa shape index (κ3) is 4.49. The van der Waals surface area contributed by atoms with Gasteiger partial charge < -0.3 is 0 Å². The minimum Gasteiger partial charge on any atom is -0.242 e. The molecule has 0 N–H and O–H groups in total. The second kappa shape index (κ2) is 8.70. The van der Waals surface area contributed by atoms with Crippen molar-refractivity contribution in [1.29, 1.82) is 0 Å². The first-order valence-corrected chi connectivity index (χ1v) is 11.3. The number of hydrogen-bond acceptors (Lipinski definition) is 0. The third-order valence-electron chi connectivity index (χ3n) is 7.61. The molecule has 3 heteroatoms. The Morgan fingerprint density at radius 2 is 1.34 bits per heavy atom. The van der Waals surface area contributed by atoms with Crippen LogP contribution in [-0.2, 0) is 0 Å². The van der Waals surface area contributed by atoms with Crippen molar-refractivity contribution in [2.45, 2.75) is 77.3 Å². The van der Waals surface area contributed by atoms with Crippen LogP contribution in [0.3, 0.4) is 0 Å². The van der Waals surface area contributed by atoms with Gasteiger partial charge in [-0.25, -0.2) is 13.2 Å². The van der Waals surface area contributed by atoms with Crippen molar-refractivity contribution in [1.82, 2.24) is 0 Å². The van der Waals surface area contributed by atoms with E-state index in [1.807, 2.05) is 0 Å². The van der Waals surface area contributed by atoms with Crippen LogP contribution in [0.2, 0.25) is 0 Å². The molecule has 29 heavy (non-hydrogen) atoms. The van der Waals surface area contributed by atoms with Crippen LogP contribution in [0.15, 0.2) is 30.4 Å². The Labute approximate surface area is 173 Å². The fraction of sp³-hybridized carbons (Fsp3) is 0.577. The molecule has 0 spiro atoms. The third-order valence-corrected chi connectivity index (χ3v) is 7.61. The molecule has 1 aromatic carbocycles. The number of alkyl halides is 1. The van der Waals surface area contributed by atoms with Gasteiger partial charge in [-0.2, -0.15) is 0 Å². The quantitative estimate of drug-likeness (QED) is 0.482. The molecule has 2 fully saturated rings. The summed E-state index contributed by atoms with van der Waals surface area (Å²) in [5.74, 6) is 2.13. The van der Waals surface area contributed by atoms with Gasteiger partial charge in [-0.05, 0) is 91.5 Å². The molecule has 0 heterocycles. The minimum absolute atomic E-state index is 0.106. The van der Waals surface area contributed by atoms with Crippen molar-refractivity contribution < 1.29 is 13.2 Å². The SMILES string of the molecule is C[C]1C=CC(c2c(F)cc(C3CCC(C4CCC(C)CC4)CC3)cc2F)=CC1F. The summed E-state index contributed by atoms with van der Waals surface area (Å²) in [4.78, 5) is 0. The fourth-order valence-electron chi connectivity index (χ4n) is 5.61. The van der Waals surface area contributed by atoms with E-state index in [0.29, 0.717) is 11.5 Å². The molecule has 1 radical (unpaired) electrons. The predicted octanol–water partition coefficient (Wildman–Crippen LogP) is 7.95. The molecular weight excluding hydrogens is 369 g/mol. The van der Waals surface area contributed by atoms with Crippen LogP contribution < -0.4 is 0 Å². The van der Waals surface area contributed by atoms with Crippen molar-refractivity contribution in [2.24, 2.45) is 17.8 Å². The second-order valence-corrected chi connectivity index (χ2v) is 9.59. The standard InChI is InChI=1S/C26H32F3/c1-16-3-6-18(7-4-16)19-9-11-20(12-10-19)22-14-24(28)26(25(29)15-22)21-8-5-17(2)23(27)13-21/h5,8,13-16,18-20,23H,3-4,6-7,9-12H2,1-2H3. The largest absolute Gasteiger partial charge is 0.242 e. The van der Waals surface area contributed by atoms with Crippen molar-refractivity contribution >= 4 is 5.57 Å². The minimum atomic E-state index is -1.29. The van der Waals surface area contributed by atoms with Crippen molar-refractivity contribution in [3.05, 3.63) is 59.0 Å². The highest BCUT2D eigenvalue weighted by Crippen LogP contribution is 2.44. The lowest BCUT2D eigenvalue weighted by atomic mass is 9.68. The first-order valence-electron chi connectivity index (χ1n) is 11.3. The molecule has 3 aliphatic carbocycles. The monoisotopic (exact) mass is 401 g/mol. The van der Waals surface area contributed by atoms with E-state index in [4.69, 9.17) is 0 Å². The van der Waals surface area contributed by atoms with Crippen LogP contribution in [-0.4, -0.2) is 6.17 Å². The zero-order valence-corrected chi connectivity index (χ0v) is 17.6. The van der Waals surface area contributed by atoms with Gasteiger partial charge in [0.25, 0.3) is 0 Å². The molecule has 1 atom stereocenters. The summed E-state index contributed by atoms with van der Waals surface area (Å²) in [6.07, 6.45) is 13.0. The molecule has 0 bridgehead atoms. The Kier molecular flexibility index (Phi) is 6.22. The van der Waals surface area contributed by atoms with E-state index in [2.05, 4.69) is 6.92 Å². The lowest BCUT2D eigenvalue weighted by Crippen LogP contribution is -2.24. The molecular formula is C26H32F3. The summed E-state index contributed by atoms with van der Waals surface area (Å²) in [5, 5.41) is 0. The van der Waals surface area contributed by atoms with E-state index >= 15 is 0 Å². The fourth-order valence-corrected chi connectivity index (χ4v) is 5.61. The highest BCUT2D eigenvalue weighted by Gasteiger charge is 2.31. The zero-order valence-electron chi connectivity index (χ0n) is 17.6. The maximum Gasteiger partial charge on any atom is 0.134 e. The van der Waals surface area contributed by atoms with E-state index < -0.39 is 17.8 Å². The summed E-state index contributed by atoms with van der Waals surface area (Å²) in [6, 6.07) is 2.97. The molecule has 157 valence electrons. The van der Waals surface area contributed by atoms with Crippen LogP contribution in [0.1, 0.15) is 82.3 Å². The molecule has 1 aromatic rings. The molecule has 1 unspecified atom stereocenters. The molecule has 0 aliphatic heterocycles. The molecule has 2 saturated carbocycles. The Hall–Kier alpha value is -1.51. The first-order chi connectivity index (χ1) is 13.9. The van der Waals surface area contributed by atoms with E-state index in [0.717, 1.165) is 36.2 Å². The zero-order chi connectivity index (χ0) is 20.5. The van der Waals surface area contributed by atoms with E-state index in [9.17, 15) is 13.2 Å². The Balaban J connectivity index is 1.44. The van der Waals surface area contributed by atoms with Gasteiger partial charge in [0, 0.05) is 5.92 Å². The van der Waals surface area contributed by atoms with Gasteiger partial charge in [0.1, 0.15) is 17.8 Å². The first kappa shape index (κ1) is 20.8. The van der Waals surface area contributed by atoms with Crippen LogP contribution in [0.25, 0.3) is 5.57 Å². The molecule has 0 nitrogen and oxygen atoms in total. The lowest BCUT2D eigenvalue weighted by molar-refractivity contribution is 0.165. The van der Waals surface area contributed by atoms with Gasteiger partial charge in [-0.3, -0.25) is 0 Å². The number of benzene rings is 1. The summed E-state index contributed by atoms with van der Waals surface area (Å²) in [6.45, 7) is 4.03. The number of hydrogen-bond donors (Lipinski definition) is 0. The number of rotatable bonds is 3. The number of halogens is 3. The Bertz CT molecular complexity index is 754. The Morgan fingerprint density at radius 1 is 0.793 bits per heavy atom. The molecule has 4 rings (SSSR count). The summed E-state index contributed by atoms with van der Waals surface area (Å²) < 4.78 is 43.6. The predicted molar refractivity (Wildman–Crippen MR) is 113 cm³/mol. The van der Waals surface area contributed by atoms with Crippen LogP contribution >= 0.6 is 0 Å². The van der Waals surface area contributed by atoms with E-state index in [1.165, 1.54) is 56.7 Å². The summed E-state index contributed by atoms with van der Waals surface area (Å²) >= 11 is 0. The maximum absolute atomic E-state index is 14.8. The lowest BCUT2D eigenvalue weighted by Gasteiger charge is -2.37. The molecule has 0 amide bonds. The van der Waals surface area contributed by atoms with E-state index in [-0.39, 0.29) is 11.5 Å². The van der Waals surface area contributed by atoms with Gasteiger partial charge in [0.15, 0.2) is 0 Å². The maximum atomic E-state index is 14.8. The highest BCUT2D eigenvalue weighted by molar-refractivity contribution is 5.77. The second-order valence-electron chi connectivity index (χ2n) is 9.59. The van der Waals surface area contributed by atoms with Crippen LogP contribution in [0.4, 0.5) is 13.2 Å². The average Bonchev–Trinajstić information content (AvgIpc) is 2.71. The summed E-state index contributed by atoms with van der Waals surface area (Å²) in [7, 11) is 0. The van der Waals surface area contributed by atoms with Crippen LogP contribution in [0.5, 0.6) is 0 Å². The summed E-state index contributed by atoms with van der Waals surface area (Å²) in [5.41, 5.74) is 0.949. The molecule has 3 aliphatic rings. The van der Waals surface area contributed by atoms with E-state index in [1.54, 1.807) is 19.1 Å². The highest BCUT2D eigenvalue weighted by atomic mass is 19.1. The average molecular weight is 402 g/mol.